The monoisotopic (exact) mass is 372 g/mol. The molecule has 0 aliphatic carbocycles. The molecule has 0 N–H and O–H groups in total. The van der Waals surface area contributed by atoms with Crippen molar-refractivity contribution in [3.05, 3.63) is 76.0 Å². The maximum absolute atomic E-state index is 14.3. The van der Waals surface area contributed by atoms with Crippen LogP contribution in [-0.2, 0) is 19.4 Å². The molecule has 0 radical (unpaired) electrons. The molecule has 0 unspecified atom stereocenters. The molecule has 1 aromatic heterocycles. The second-order valence-electron chi connectivity index (χ2n) is 5.54. The third kappa shape index (κ3) is 2.65. The van der Waals surface area contributed by atoms with Gasteiger partial charge in [0.1, 0.15) is 17.5 Å². The number of ether oxygens (including phenoxy) is 1. The van der Waals surface area contributed by atoms with Crippen LogP contribution in [0.5, 0.6) is 5.75 Å². The van der Waals surface area contributed by atoms with Crippen LogP contribution in [-0.4, -0.2) is 9.55 Å². The Bertz CT molecular complexity index is 861. The van der Waals surface area contributed by atoms with E-state index < -0.39 is 0 Å². The smallest absolute Gasteiger partial charge is 0.165 e. The van der Waals surface area contributed by atoms with Crippen LogP contribution in [0, 0.1) is 5.82 Å². The van der Waals surface area contributed by atoms with Gasteiger partial charge in [0, 0.05) is 6.07 Å². The van der Waals surface area contributed by atoms with Crippen LogP contribution in [0.4, 0.5) is 4.39 Å². The van der Waals surface area contributed by atoms with Gasteiger partial charge in [-0.1, -0.05) is 30.3 Å². The Morgan fingerprint density at radius 2 is 2.00 bits per heavy atom. The van der Waals surface area contributed by atoms with E-state index in [1.165, 1.54) is 0 Å². The Morgan fingerprint density at radius 1 is 1.17 bits per heavy atom. The number of aryl methyl sites for hydroxylation is 1. The van der Waals surface area contributed by atoms with Gasteiger partial charge in [-0.3, -0.25) is 0 Å². The van der Waals surface area contributed by atoms with E-state index in [1.54, 1.807) is 18.5 Å². The molecule has 1 aliphatic heterocycles. The first-order valence-corrected chi connectivity index (χ1v) is 8.23. The molecule has 23 heavy (non-hydrogen) atoms. The summed E-state index contributed by atoms with van der Waals surface area (Å²) in [5.74, 6) is -0.0485. The van der Waals surface area contributed by atoms with Gasteiger partial charge in [0.15, 0.2) is 11.6 Å². The molecule has 2 heterocycles. The van der Waals surface area contributed by atoms with Gasteiger partial charge in [-0.25, -0.2) is 9.37 Å². The molecule has 2 aromatic carbocycles. The molecular weight excluding hydrogens is 359 g/mol. The summed E-state index contributed by atoms with van der Waals surface area (Å²) >= 11 is 3.46. The highest BCUT2D eigenvalue weighted by Gasteiger charge is 2.21. The van der Waals surface area contributed by atoms with Crippen molar-refractivity contribution in [2.24, 2.45) is 0 Å². The number of nitrogens with zero attached hydrogens (tertiary/aromatic N) is 2. The number of fused-ring (bicyclic) bond motifs is 3. The maximum Gasteiger partial charge on any atom is 0.165 e. The van der Waals surface area contributed by atoms with E-state index in [1.807, 2.05) is 34.9 Å². The van der Waals surface area contributed by atoms with Gasteiger partial charge in [-0.15, -0.1) is 0 Å². The molecule has 1 aliphatic rings. The lowest BCUT2D eigenvalue weighted by atomic mass is 10.0. The van der Waals surface area contributed by atoms with Crippen LogP contribution in [0.1, 0.15) is 16.8 Å². The van der Waals surface area contributed by atoms with Gasteiger partial charge in [0.25, 0.3) is 0 Å². The first kappa shape index (κ1) is 14.5. The van der Waals surface area contributed by atoms with E-state index in [0.717, 1.165) is 40.0 Å². The van der Waals surface area contributed by atoms with Crippen LogP contribution in [0.15, 0.2) is 53.4 Å². The standard InChI is InChI=1S/C18H14BrFN2O/c19-18-15-7-6-13-8-14(20)17(9-16(13)22(15)11-21-18)23-10-12-4-2-1-3-5-12/h1-5,8-9,11H,6-7,10H2. The van der Waals surface area contributed by atoms with E-state index in [-0.39, 0.29) is 11.6 Å². The topological polar surface area (TPSA) is 27.1 Å². The molecule has 0 amide bonds. The second-order valence-corrected chi connectivity index (χ2v) is 6.29. The molecule has 0 bridgehead atoms. The van der Waals surface area contributed by atoms with Crippen molar-refractivity contribution < 1.29 is 9.13 Å². The van der Waals surface area contributed by atoms with Gasteiger partial charge >= 0.3 is 0 Å². The van der Waals surface area contributed by atoms with Gasteiger partial charge < -0.3 is 9.30 Å². The lowest BCUT2D eigenvalue weighted by Gasteiger charge is -2.20. The number of imidazole rings is 1. The summed E-state index contributed by atoms with van der Waals surface area (Å²) in [5, 5.41) is 0. The van der Waals surface area contributed by atoms with E-state index in [0.29, 0.717) is 6.61 Å². The van der Waals surface area contributed by atoms with Gasteiger partial charge in [0.05, 0.1) is 11.4 Å². The van der Waals surface area contributed by atoms with Gasteiger partial charge in [-0.2, -0.15) is 0 Å². The third-order valence-electron chi connectivity index (χ3n) is 4.08. The highest BCUT2D eigenvalue weighted by atomic mass is 79.9. The predicted octanol–water partition coefficient (Wildman–Crippen LogP) is 4.45. The summed E-state index contributed by atoms with van der Waals surface area (Å²) < 4.78 is 22.8. The number of benzene rings is 2. The molecule has 3 aromatic rings. The largest absolute Gasteiger partial charge is 0.486 e. The molecule has 116 valence electrons. The molecule has 3 nitrogen and oxygen atoms in total. The minimum atomic E-state index is -0.317. The van der Waals surface area contributed by atoms with Crippen LogP contribution >= 0.6 is 15.9 Å². The van der Waals surface area contributed by atoms with Crippen LogP contribution < -0.4 is 4.74 Å². The summed E-state index contributed by atoms with van der Waals surface area (Å²) in [7, 11) is 0. The zero-order chi connectivity index (χ0) is 15.8. The van der Waals surface area contributed by atoms with Crippen molar-refractivity contribution >= 4 is 15.9 Å². The number of hydrogen-bond donors (Lipinski definition) is 0. The minimum Gasteiger partial charge on any atom is -0.486 e. The molecule has 0 atom stereocenters. The lowest BCUT2D eigenvalue weighted by Crippen LogP contribution is -2.12. The van der Waals surface area contributed by atoms with Crippen LogP contribution in [0.2, 0.25) is 0 Å². The van der Waals surface area contributed by atoms with Crippen molar-refractivity contribution in [3.8, 4) is 11.4 Å². The zero-order valence-electron chi connectivity index (χ0n) is 12.3. The molecule has 0 fully saturated rings. The van der Waals surface area contributed by atoms with E-state index in [2.05, 4.69) is 20.9 Å². The maximum atomic E-state index is 14.3. The minimum absolute atomic E-state index is 0.269. The average Bonchev–Trinajstić information content (AvgIpc) is 2.95. The number of aromatic nitrogens is 2. The van der Waals surface area contributed by atoms with Gasteiger partial charge in [0.2, 0.25) is 0 Å². The van der Waals surface area contributed by atoms with Crippen molar-refractivity contribution in [1.29, 1.82) is 0 Å². The first-order chi connectivity index (χ1) is 11.2. The van der Waals surface area contributed by atoms with Crippen molar-refractivity contribution in [3.63, 3.8) is 0 Å². The number of halogens is 2. The Balaban J connectivity index is 1.67. The fourth-order valence-electron chi connectivity index (χ4n) is 2.89. The normalized spacial score (nSPS) is 12.6. The van der Waals surface area contributed by atoms with Gasteiger partial charge in [-0.05, 0) is 46.0 Å². The van der Waals surface area contributed by atoms with Crippen LogP contribution in [0.3, 0.4) is 0 Å². The molecule has 0 saturated carbocycles. The average molecular weight is 373 g/mol. The fraction of sp³-hybridized carbons (Fsp3) is 0.167. The molecule has 0 saturated heterocycles. The van der Waals surface area contributed by atoms with E-state index >= 15 is 0 Å². The highest BCUT2D eigenvalue weighted by molar-refractivity contribution is 9.10. The second kappa shape index (κ2) is 5.81. The van der Waals surface area contributed by atoms with Crippen LogP contribution in [0.25, 0.3) is 5.69 Å². The molecular formula is C18H14BrFN2O. The summed E-state index contributed by atoms with van der Waals surface area (Å²) in [6.45, 7) is 0.344. The summed E-state index contributed by atoms with van der Waals surface area (Å²) in [6.07, 6.45) is 3.41. The molecule has 0 spiro atoms. The highest BCUT2D eigenvalue weighted by Crippen LogP contribution is 2.33. The molecule has 5 heteroatoms. The Morgan fingerprint density at radius 3 is 2.83 bits per heavy atom. The quantitative estimate of drug-likeness (QED) is 0.678. The summed E-state index contributed by atoms with van der Waals surface area (Å²) in [4.78, 5) is 4.29. The summed E-state index contributed by atoms with van der Waals surface area (Å²) in [6, 6.07) is 13.1. The first-order valence-electron chi connectivity index (χ1n) is 7.43. The van der Waals surface area contributed by atoms with Crippen molar-refractivity contribution in [2.45, 2.75) is 19.4 Å². The Kier molecular flexibility index (Phi) is 3.65. The number of rotatable bonds is 3. The van der Waals surface area contributed by atoms with Crippen molar-refractivity contribution in [2.75, 3.05) is 0 Å². The fourth-order valence-corrected chi connectivity index (χ4v) is 3.37. The van der Waals surface area contributed by atoms with E-state index in [4.69, 9.17) is 4.74 Å². The lowest BCUT2D eigenvalue weighted by molar-refractivity contribution is 0.290. The third-order valence-corrected chi connectivity index (χ3v) is 4.74. The van der Waals surface area contributed by atoms with Crippen molar-refractivity contribution in [1.82, 2.24) is 9.55 Å². The zero-order valence-corrected chi connectivity index (χ0v) is 13.9. The summed E-state index contributed by atoms with van der Waals surface area (Å²) in [5.41, 5.74) is 4.04. The Hall–Kier alpha value is -2.14. The van der Waals surface area contributed by atoms with E-state index in [9.17, 15) is 4.39 Å². The SMILES string of the molecule is Fc1cc2c(cc1OCc1ccccc1)-n1cnc(Br)c1CC2. The number of hydrogen-bond acceptors (Lipinski definition) is 2. The Labute approximate surface area is 141 Å². The predicted molar refractivity (Wildman–Crippen MR) is 89.4 cm³/mol. The molecule has 4 rings (SSSR count).